The van der Waals surface area contributed by atoms with Crippen molar-refractivity contribution in [2.75, 3.05) is 39.8 Å². The number of nitrogens with zero attached hydrogens (tertiary/aromatic N) is 6. The van der Waals surface area contributed by atoms with E-state index < -0.39 is 0 Å². The monoisotopic (exact) mass is 404 g/mol. The number of carbonyl (C=O) groups is 1. The lowest BCUT2D eigenvalue weighted by Crippen LogP contribution is -2.48. The molecule has 0 aromatic carbocycles. The van der Waals surface area contributed by atoms with E-state index in [0.717, 1.165) is 59.5 Å². The first-order valence-electron chi connectivity index (χ1n) is 10.1. The summed E-state index contributed by atoms with van der Waals surface area (Å²) in [4.78, 5) is 24.6. The fourth-order valence-electron chi connectivity index (χ4n) is 3.91. The number of piperazine rings is 1. The molecule has 0 radical (unpaired) electrons. The largest absolute Gasteiger partial charge is 0.349 e. The molecule has 0 aliphatic carbocycles. The van der Waals surface area contributed by atoms with E-state index in [0.29, 0.717) is 13.1 Å². The predicted molar refractivity (Wildman–Crippen MR) is 114 cm³/mol. The van der Waals surface area contributed by atoms with Gasteiger partial charge in [-0.25, -0.2) is 4.98 Å². The fraction of sp³-hybridized carbons (Fsp3) is 0.333. The van der Waals surface area contributed by atoms with Crippen molar-refractivity contribution < 1.29 is 4.79 Å². The summed E-state index contributed by atoms with van der Waals surface area (Å²) in [5.41, 5.74) is 4.69. The van der Waals surface area contributed by atoms with Crippen molar-refractivity contribution in [3.8, 4) is 11.1 Å². The molecule has 1 aliphatic rings. The third-order valence-corrected chi connectivity index (χ3v) is 5.62. The van der Waals surface area contributed by atoms with E-state index in [2.05, 4.69) is 42.3 Å². The van der Waals surface area contributed by atoms with Crippen molar-refractivity contribution in [1.29, 1.82) is 0 Å². The summed E-state index contributed by atoms with van der Waals surface area (Å²) in [7, 11) is 2.11. The molecule has 0 unspecified atom stereocenters. The minimum Gasteiger partial charge on any atom is -0.349 e. The number of H-pyrrole nitrogens is 1. The van der Waals surface area contributed by atoms with Gasteiger partial charge in [0.1, 0.15) is 5.65 Å². The van der Waals surface area contributed by atoms with Crippen LogP contribution in [0, 0.1) is 0 Å². The van der Waals surface area contributed by atoms with Crippen LogP contribution in [0.3, 0.4) is 0 Å². The van der Waals surface area contributed by atoms with E-state index in [1.807, 2.05) is 30.5 Å². The van der Waals surface area contributed by atoms with Gasteiger partial charge in [0.05, 0.1) is 24.8 Å². The Kier molecular flexibility index (Phi) is 4.89. The number of nitrogens with one attached hydrogen (secondary N) is 2. The highest BCUT2D eigenvalue weighted by Crippen LogP contribution is 2.30. The van der Waals surface area contributed by atoms with E-state index in [-0.39, 0.29) is 5.91 Å². The second-order valence-corrected chi connectivity index (χ2v) is 7.73. The van der Waals surface area contributed by atoms with Crippen LogP contribution < -0.4 is 5.32 Å². The molecule has 1 saturated heterocycles. The van der Waals surface area contributed by atoms with Crippen LogP contribution in [0.1, 0.15) is 5.69 Å². The van der Waals surface area contributed by atoms with Gasteiger partial charge in [0.2, 0.25) is 5.91 Å². The van der Waals surface area contributed by atoms with E-state index in [4.69, 9.17) is 0 Å². The summed E-state index contributed by atoms with van der Waals surface area (Å²) in [5.74, 6) is 0.0418. The Bertz CT molecular complexity index is 1190. The minimum atomic E-state index is 0.0418. The third kappa shape index (κ3) is 3.64. The van der Waals surface area contributed by atoms with Gasteiger partial charge in [-0.15, -0.1) is 0 Å². The van der Waals surface area contributed by atoms with Gasteiger partial charge in [-0.1, -0.05) is 0 Å². The molecule has 1 amide bonds. The molecule has 0 saturated carbocycles. The van der Waals surface area contributed by atoms with Crippen LogP contribution >= 0.6 is 0 Å². The van der Waals surface area contributed by atoms with Crippen LogP contribution in [0.2, 0.25) is 0 Å². The Morgan fingerprint density at radius 2 is 2.00 bits per heavy atom. The second-order valence-electron chi connectivity index (χ2n) is 7.73. The molecule has 5 rings (SSSR count). The van der Waals surface area contributed by atoms with Gasteiger partial charge in [-0.3, -0.25) is 9.69 Å². The summed E-state index contributed by atoms with van der Waals surface area (Å²) in [5, 5.41) is 12.6. The van der Waals surface area contributed by atoms with Crippen molar-refractivity contribution in [1.82, 2.24) is 39.9 Å². The maximum absolute atomic E-state index is 12.4. The molecule has 1 fully saturated rings. The molecule has 30 heavy (non-hydrogen) atoms. The average molecular weight is 404 g/mol. The van der Waals surface area contributed by atoms with Crippen LogP contribution in [-0.4, -0.2) is 80.3 Å². The maximum Gasteiger partial charge on any atom is 0.234 e. The summed E-state index contributed by atoms with van der Waals surface area (Å²) in [6, 6.07) is 7.93. The quantitative estimate of drug-likeness (QED) is 0.518. The maximum atomic E-state index is 12.4. The van der Waals surface area contributed by atoms with Gasteiger partial charge >= 0.3 is 0 Å². The number of aromatic nitrogens is 5. The van der Waals surface area contributed by atoms with E-state index in [1.54, 1.807) is 17.0 Å². The van der Waals surface area contributed by atoms with E-state index in [1.165, 1.54) is 0 Å². The van der Waals surface area contributed by atoms with Crippen molar-refractivity contribution in [3.63, 3.8) is 0 Å². The van der Waals surface area contributed by atoms with E-state index in [9.17, 15) is 4.79 Å². The standard InChI is InChI=1S/C21H24N8O/c1-27-7-9-28(10-8-27)14-20(30)23-12-15-11-17-16(4-6-22-21(17)26-15)18-13-25-29-19(18)3-2-5-24-29/h2-6,11,13H,7-10,12,14H2,1H3,(H,22,26)(H,23,30). The summed E-state index contributed by atoms with van der Waals surface area (Å²) >= 11 is 0. The number of hydrogen-bond acceptors (Lipinski definition) is 6. The zero-order valence-corrected chi connectivity index (χ0v) is 16.9. The highest BCUT2D eigenvalue weighted by Gasteiger charge is 2.17. The Morgan fingerprint density at radius 1 is 1.13 bits per heavy atom. The Hall–Kier alpha value is -3.30. The van der Waals surface area contributed by atoms with Gasteiger partial charge in [-0.05, 0) is 36.9 Å². The molecule has 9 heteroatoms. The number of hydrogen-bond donors (Lipinski definition) is 2. The lowest BCUT2D eigenvalue weighted by molar-refractivity contribution is -0.122. The molecular formula is C21H24N8O. The lowest BCUT2D eigenvalue weighted by Gasteiger charge is -2.31. The van der Waals surface area contributed by atoms with Gasteiger partial charge < -0.3 is 15.2 Å². The van der Waals surface area contributed by atoms with Crippen molar-refractivity contribution in [3.05, 3.63) is 48.5 Å². The van der Waals surface area contributed by atoms with Gasteiger partial charge in [0, 0.05) is 55.2 Å². The Labute approximate surface area is 173 Å². The predicted octanol–water partition coefficient (Wildman–Crippen LogP) is 1.14. The number of fused-ring (bicyclic) bond motifs is 2. The molecule has 4 aromatic rings. The first-order valence-corrected chi connectivity index (χ1v) is 10.1. The number of carbonyl (C=O) groups excluding carboxylic acids is 1. The highest BCUT2D eigenvalue weighted by atomic mass is 16.2. The molecule has 0 bridgehead atoms. The van der Waals surface area contributed by atoms with Crippen molar-refractivity contribution in [2.24, 2.45) is 0 Å². The molecule has 4 aromatic heterocycles. The molecule has 5 heterocycles. The average Bonchev–Trinajstić information content (AvgIpc) is 3.38. The lowest BCUT2D eigenvalue weighted by atomic mass is 10.1. The molecule has 0 atom stereocenters. The SMILES string of the molecule is CN1CCN(CC(=O)NCc2cc3c(-c4cnn5ncccc45)ccnc3[nH]2)CC1. The number of aromatic amines is 1. The summed E-state index contributed by atoms with van der Waals surface area (Å²) in [6.07, 6.45) is 5.32. The van der Waals surface area contributed by atoms with Crippen LogP contribution in [-0.2, 0) is 11.3 Å². The number of amides is 1. The van der Waals surface area contributed by atoms with Crippen LogP contribution in [0.25, 0.3) is 27.7 Å². The van der Waals surface area contributed by atoms with Crippen LogP contribution in [0.5, 0.6) is 0 Å². The fourth-order valence-corrected chi connectivity index (χ4v) is 3.91. The number of likely N-dealkylation sites (N-methyl/N-ethyl adjacent to an activating group) is 1. The Morgan fingerprint density at radius 3 is 2.87 bits per heavy atom. The summed E-state index contributed by atoms with van der Waals surface area (Å²) < 4.78 is 1.62. The molecule has 1 aliphatic heterocycles. The van der Waals surface area contributed by atoms with Gasteiger partial charge in [0.15, 0.2) is 0 Å². The molecule has 9 nitrogen and oxygen atoms in total. The first-order chi connectivity index (χ1) is 14.7. The van der Waals surface area contributed by atoms with Crippen molar-refractivity contribution in [2.45, 2.75) is 6.54 Å². The Balaban J connectivity index is 1.32. The zero-order valence-electron chi connectivity index (χ0n) is 16.9. The van der Waals surface area contributed by atoms with Crippen molar-refractivity contribution >= 4 is 22.5 Å². The summed E-state index contributed by atoms with van der Waals surface area (Å²) in [6.45, 7) is 4.74. The van der Waals surface area contributed by atoms with E-state index >= 15 is 0 Å². The highest BCUT2D eigenvalue weighted by molar-refractivity contribution is 5.97. The van der Waals surface area contributed by atoms with Gasteiger partial charge in [0.25, 0.3) is 0 Å². The minimum absolute atomic E-state index is 0.0418. The topological polar surface area (TPSA) is 94.4 Å². The van der Waals surface area contributed by atoms with Crippen LogP contribution in [0.15, 0.2) is 42.9 Å². The number of pyridine rings is 1. The first kappa shape index (κ1) is 18.7. The normalized spacial score (nSPS) is 15.8. The van der Waals surface area contributed by atoms with Gasteiger partial charge in [-0.2, -0.15) is 14.8 Å². The second kappa shape index (κ2) is 7.85. The number of rotatable bonds is 5. The molecule has 2 N–H and O–H groups in total. The molecule has 154 valence electrons. The molecular weight excluding hydrogens is 380 g/mol. The zero-order chi connectivity index (χ0) is 20.5. The molecule has 0 spiro atoms. The third-order valence-electron chi connectivity index (χ3n) is 5.62. The smallest absolute Gasteiger partial charge is 0.234 e. The van der Waals surface area contributed by atoms with Crippen LogP contribution in [0.4, 0.5) is 0 Å².